The second kappa shape index (κ2) is 4.71. The number of aliphatic hydroxyl groups excluding tert-OH is 1. The molecule has 0 aliphatic heterocycles. The predicted molar refractivity (Wildman–Crippen MR) is 68.2 cm³/mol. The van der Waals surface area contributed by atoms with Gasteiger partial charge in [0.05, 0.1) is 17.1 Å². The summed E-state index contributed by atoms with van der Waals surface area (Å²) in [6, 6.07) is 1.31. The van der Waals surface area contributed by atoms with Crippen LogP contribution >= 0.6 is 0 Å². The van der Waals surface area contributed by atoms with Gasteiger partial charge in [-0.25, -0.2) is 8.42 Å². The first-order valence-electron chi connectivity index (χ1n) is 5.59. The van der Waals surface area contributed by atoms with Crippen LogP contribution < -0.4 is 4.72 Å². The van der Waals surface area contributed by atoms with Crippen molar-refractivity contribution >= 4 is 15.7 Å². The topological polar surface area (TPSA) is 108 Å². The third kappa shape index (κ3) is 2.49. The van der Waals surface area contributed by atoms with E-state index in [1.54, 1.807) is 13.8 Å². The number of hydrogen-bond acceptors (Lipinski definition) is 5. The molecule has 0 radical (unpaired) electrons. The molecule has 0 amide bonds. The first-order chi connectivity index (χ1) is 8.85. The van der Waals surface area contributed by atoms with Crippen molar-refractivity contribution in [3.05, 3.63) is 29.0 Å². The van der Waals surface area contributed by atoms with Crippen LogP contribution in [0.1, 0.15) is 22.9 Å². The van der Waals surface area contributed by atoms with Crippen LogP contribution in [0.15, 0.2) is 15.4 Å². The van der Waals surface area contributed by atoms with Gasteiger partial charge in [0.1, 0.15) is 23.0 Å². The van der Waals surface area contributed by atoms with Crippen molar-refractivity contribution < 1.29 is 17.9 Å². The zero-order chi connectivity index (χ0) is 14.2. The van der Waals surface area contributed by atoms with Crippen LogP contribution in [0.25, 0.3) is 0 Å². The standard InChI is InChI=1S/C11H15N3O4S/c1-6-11(7(2)13-12-6)14-19(16,17)10-4-9(5-15)18-8(10)3/h4,14-15H,5H2,1-3H3,(H,12,13). The van der Waals surface area contributed by atoms with E-state index >= 15 is 0 Å². The Labute approximate surface area is 110 Å². The molecule has 0 saturated heterocycles. The summed E-state index contributed by atoms with van der Waals surface area (Å²) in [4.78, 5) is 0.0107. The van der Waals surface area contributed by atoms with Gasteiger partial charge in [-0.1, -0.05) is 0 Å². The van der Waals surface area contributed by atoms with Gasteiger partial charge in [0.15, 0.2) is 0 Å². The number of H-pyrrole nitrogens is 1. The van der Waals surface area contributed by atoms with E-state index in [2.05, 4.69) is 14.9 Å². The molecule has 0 atom stereocenters. The quantitative estimate of drug-likeness (QED) is 0.782. The SMILES string of the molecule is Cc1n[nH]c(C)c1NS(=O)(=O)c1cc(CO)oc1C. The zero-order valence-corrected chi connectivity index (χ0v) is 11.6. The van der Waals surface area contributed by atoms with Gasteiger partial charge in [-0.2, -0.15) is 5.10 Å². The average molecular weight is 285 g/mol. The fraction of sp³-hybridized carbons (Fsp3) is 0.364. The van der Waals surface area contributed by atoms with Crippen LogP contribution in [0, 0.1) is 20.8 Å². The van der Waals surface area contributed by atoms with Gasteiger partial charge in [0, 0.05) is 6.07 Å². The van der Waals surface area contributed by atoms with Gasteiger partial charge in [0.2, 0.25) is 0 Å². The molecule has 0 fully saturated rings. The summed E-state index contributed by atoms with van der Waals surface area (Å²) >= 11 is 0. The lowest BCUT2D eigenvalue weighted by molar-refractivity contribution is 0.245. The first kappa shape index (κ1) is 13.6. The van der Waals surface area contributed by atoms with E-state index in [-0.39, 0.29) is 23.0 Å². The Bertz CT molecular complexity index is 680. The van der Waals surface area contributed by atoms with Gasteiger partial charge in [-0.15, -0.1) is 0 Å². The lowest BCUT2D eigenvalue weighted by Crippen LogP contribution is -2.14. The van der Waals surface area contributed by atoms with E-state index in [1.807, 2.05) is 0 Å². The fourth-order valence-corrected chi connectivity index (χ4v) is 3.15. The molecule has 0 aliphatic carbocycles. The highest BCUT2D eigenvalue weighted by atomic mass is 32.2. The Kier molecular flexibility index (Phi) is 3.38. The smallest absolute Gasteiger partial charge is 0.265 e. The van der Waals surface area contributed by atoms with Crippen molar-refractivity contribution in [1.29, 1.82) is 0 Å². The van der Waals surface area contributed by atoms with Crippen molar-refractivity contribution in [2.24, 2.45) is 0 Å². The van der Waals surface area contributed by atoms with Crippen LogP contribution in [-0.4, -0.2) is 23.7 Å². The number of sulfonamides is 1. The maximum absolute atomic E-state index is 12.3. The molecule has 2 aromatic rings. The highest BCUT2D eigenvalue weighted by Gasteiger charge is 2.23. The molecule has 0 unspecified atom stereocenters. The van der Waals surface area contributed by atoms with Crippen molar-refractivity contribution in [2.75, 3.05) is 4.72 Å². The van der Waals surface area contributed by atoms with Crippen molar-refractivity contribution in [1.82, 2.24) is 10.2 Å². The third-order valence-electron chi connectivity index (χ3n) is 2.73. The highest BCUT2D eigenvalue weighted by Crippen LogP contribution is 2.25. The minimum absolute atomic E-state index is 0.0107. The number of aromatic nitrogens is 2. The van der Waals surface area contributed by atoms with Gasteiger partial charge in [-0.05, 0) is 20.8 Å². The minimum atomic E-state index is -3.76. The normalized spacial score (nSPS) is 11.8. The summed E-state index contributed by atoms with van der Waals surface area (Å²) < 4.78 is 32.1. The van der Waals surface area contributed by atoms with Crippen LogP contribution in [0.2, 0.25) is 0 Å². The molecule has 0 aliphatic rings. The maximum Gasteiger partial charge on any atom is 0.265 e. The molecular formula is C11H15N3O4S. The maximum atomic E-state index is 12.3. The first-order valence-corrected chi connectivity index (χ1v) is 7.08. The third-order valence-corrected chi connectivity index (χ3v) is 4.19. The fourth-order valence-electron chi connectivity index (χ4n) is 1.76. The molecule has 3 N–H and O–H groups in total. The van der Waals surface area contributed by atoms with E-state index in [1.165, 1.54) is 13.0 Å². The van der Waals surface area contributed by atoms with Crippen LogP contribution in [0.5, 0.6) is 0 Å². The Balaban J connectivity index is 2.40. The minimum Gasteiger partial charge on any atom is -0.462 e. The van der Waals surface area contributed by atoms with Crippen molar-refractivity contribution in [3.63, 3.8) is 0 Å². The van der Waals surface area contributed by atoms with Gasteiger partial charge >= 0.3 is 0 Å². The molecule has 2 aromatic heterocycles. The molecule has 0 spiro atoms. The zero-order valence-electron chi connectivity index (χ0n) is 10.8. The molecule has 0 saturated carbocycles. The Morgan fingerprint density at radius 2 is 2.11 bits per heavy atom. The van der Waals surface area contributed by atoms with E-state index in [0.29, 0.717) is 17.1 Å². The van der Waals surface area contributed by atoms with E-state index in [9.17, 15) is 8.42 Å². The monoisotopic (exact) mass is 285 g/mol. The summed E-state index contributed by atoms with van der Waals surface area (Å²) in [6.45, 7) is 4.60. The average Bonchev–Trinajstić information content (AvgIpc) is 2.87. The molecule has 0 bridgehead atoms. The number of aromatic amines is 1. The van der Waals surface area contributed by atoms with Crippen molar-refractivity contribution in [3.8, 4) is 0 Å². The number of hydrogen-bond donors (Lipinski definition) is 3. The summed E-state index contributed by atoms with van der Waals surface area (Å²) in [5.74, 6) is 0.439. The number of nitrogens with zero attached hydrogens (tertiary/aromatic N) is 1. The molecule has 2 heterocycles. The number of anilines is 1. The second-order valence-corrected chi connectivity index (χ2v) is 5.86. The van der Waals surface area contributed by atoms with Gasteiger partial charge in [0.25, 0.3) is 10.0 Å². The van der Waals surface area contributed by atoms with Crippen LogP contribution in [0.4, 0.5) is 5.69 Å². The molecule has 0 aromatic carbocycles. The number of aryl methyl sites for hydroxylation is 3. The highest BCUT2D eigenvalue weighted by molar-refractivity contribution is 7.92. The van der Waals surface area contributed by atoms with E-state index in [0.717, 1.165) is 0 Å². The van der Waals surface area contributed by atoms with E-state index < -0.39 is 10.0 Å². The second-order valence-electron chi connectivity index (χ2n) is 4.21. The predicted octanol–water partition coefficient (Wildman–Crippen LogP) is 1.22. The van der Waals surface area contributed by atoms with Crippen LogP contribution in [-0.2, 0) is 16.6 Å². The van der Waals surface area contributed by atoms with Gasteiger partial charge < -0.3 is 9.52 Å². The number of rotatable bonds is 4. The summed E-state index contributed by atoms with van der Waals surface area (Å²) in [7, 11) is -3.76. The number of furan rings is 1. The Hall–Kier alpha value is -1.80. The van der Waals surface area contributed by atoms with Crippen LogP contribution in [0.3, 0.4) is 0 Å². The molecule has 19 heavy (non-hydrogen) atoms. The summed E-state index contributed by atoms with van der Waals surface area (Å²) in [5.41, 5.74) is 1.61. The molecule has 2 rings (SSSR count). The molecule has 8 heteroatoms. The lowest BCUT2D eigenvalue weighted by atomic mass is 10.3. The number of nitrogens with one attached hydrogen (secondary N) is 2. The van der Waals surface area contributed by atoms with Crippen molar-refractivity contribution in [2.45, 2.75) is 32.3 Å². The Morgan fingerprint density at radius 3 is 2.58 bits per heavy atom. The molecular weight excluding hydrogens is 270 g/mol. The summed E-state index contributed by atoms with van der Waals surface area (Å²) in [5, 5.41) is 15.6. The van der Waals surface area contributed by atoms with Gasteiger partial charge in [-0.3, -0.25) is 9.82 Å². The summed E-state index contributed by atoms with van der Waals surface area (Å²) in [6.07, 6.45) is 0. The molecule has 7 nitrogen and oxygen atoms in total. The Morgan fingerprint density at radius 1 is 1.42 bits per heavy atom. The molecule has 104 valence electrons. The van der Waals surface area contributed by atoms with E-state index in [4.69, 9.17) is 9.52 Å². The number of aliphatic hydroxyl groups is 1. The lowest BCUT2D eigenvalue weighted by Gasteiger charge is -2.06. The largest absolute Gasteiger partial charge is 0.462 e.